The van der Waals surface area contributed by atoms with Crippen LogP contribution in [-0.2, 0) is 0 Å². The third kappa shape index (κ3) is 2.67. The molecule has 106 valence electrons. The van der Waals surface area contributed by atoms with Gasteiger partial charge in [0.15, 0.2) is 5.82 Å². The van der Waals surface area contributed by atoms with Crippen molar-refractivity contribution in [2.45, 2.75) is 6.92 Å². The summed E-state index contributed by atoms with van der Waals surface area (Å²) in [5, 5.41) is 1.72. The van der Waals surface area contributed by atoms with Gasteiger partial charge in [0.25, 0.3) is 0 Å². The van der Waals surface area contributed by atoms with Gasteiger partial charge >= 0.3 is 0 Å². The van der Waals surface area contributed by atoms with E-state index in [2.05, 4.69) is 9.97 Å². The van der Waals surface area contributed by atoms with Crippen molar-refractivity contribution in [3.63, 3.8) is 0 Å². The second-order valence-corrected chi connectivity index (χ2v) is 5.50. The number of rotatable bonds is 2. The van der Waals surface area contributed by atoms with Crippen molar-refractivity contribution in [1.29, 1.82) is 0 Å². The first-order chi connectivity index (χ1) is 10.1. The normalized spacial score (nSPS) is 10.9. The Morgan fingerprint density at radius 3 is 2.57 bits per heavy atom. The lowest BCUT2D eigenvalue weighted by molar-refractivity contribution is 0.416. The molecule has 0 saturated carbocycles. The molecule has 0 aliphatic heterocycles. The lowest BCUT2D eigenvalue weighted by Crippen LogP contribution is -1.95. The second-order valence-electron chi connectivity index (χ2n) is 4.70. The van der Waals surface area contributed by atoms with Gasteiger partial charge in [-0.1, -0.05) is 34.8 Å². The van der Waals surface area contributed by atoms with Gasteiger partial charge in [-0.2, -0.15) is 0 Å². The van der Waals surface area contributed by atoms with Gasteiger partial charge in [-0.3, -0.25) is 0 Å². The summed E-state index contributed by atoms with van der Waals surface area (Å²) in [4.78, 5) is 8.94. The van der Waals surface area contributed by atoms with Gasteiger partial charge in [-0.05, 0) is 37.3 Å². The zero-order chi connectivity index (χ0) is 15.0. The summed E-state index contributed by atoms with van der Waals surface area (Å²) in [6.45, 7) is 2.01. The Balaban J connectivity index is 2.26. The van der Waals surface area contributed by atoms with E-state index in [1.165, 1.54) is 0 Å². The average molecular weight is 319 g/mol. The molecular formula is C16H12Cl2N2O. The third-order valence-electron chi connectivity index (χ3n) is 3.21. The quantitative estimate of drug-likeness (QED) is 0.629. The molecule has 0 unspecified atom stereocenters. The average Bonchev–Trinajstić information content (AvgIpc) is 2.47. The molecule has 2 aromatic carbocycles. The molecule has 0 radical (unpaired) electrons. The molecule has 0 spiro atoms. The monoisotopic (exact) mass is 318 g/mol. The molecule has 3 rings (SSSR count). The van der Waals surface area contributed by atoms with Gasteiger partial charge in [0, 0.05) is 10.4 Å². The fourth-order valence-electron chi connectivity index (χ4n) is 2.18. The molecule has 1 heterocycles. The first-order valence-electron chi connectivity index (χ1n) is 6.36. The molecule has 5 heteroatoms. The highest BCUT2D eigenvalue weighted by Gasteiger charge is 2.12. The van der Waals surface area contributed by atoms with E-state index < -0.39 is 0 Å². The Kier molecular flexibility index (Phi) is 3.70. The maximum Gasteiger partial charge on any atom is 0.165 e. The van der Waals surface area contributed by atoms with Crippen LogP contribution in [0.5, 0.6) is 5.75 Å². The lowest BCUT2D eigenvalue weighted by Gasteiger charge is -2.10. The summed E-state index contributed by atoms with van der Waals surface area (Å²) in [5.41, 5.74) is 2.66. The molecule has 0 fully saturated rings. The number of fused-ring (bicyclic) bond motifs is 1. The summed E-state index contributed by atoms with van der Waals surface area (Å²) in [5.74, 6) is 1.25. The van der Waals surface area contributed by atoms with Gasteiger partial charge in [0.1, 0.15) is 10.9 Å². The summed E-state index contributed by atoms with van der Waals surface area (Å²) < 4.78 is 5.38. The summed E-state index contributed by atoms with van der Waals surface area (Å²) >= 11 is 12.3. The number of aromatic nitrogens is 2. The topological polar surface area (TPSA) is 35.0 Å². The van der Waals surface area contributed by atoms with Gasteiger partial charge in [-0.15, -0.1) is 0 Å². The van der Waals surface area contributed by atoms with Crippen molar-refractivity contribution in [2.24, 2.45) is 0 Å². The predicted molar refractivity (Wildman–Crippen MR) is 86.3 cm³/mol. The molecule has 21 heavy (non-hydrogen) atoms. The van der Waals surface area contributed by atoms with Crippen molar-refractivity contribution < 1.29 is 4.74 Å². The van der Waals surface area contributed by atoms with E-state index in [9.17, 15) is 0 Å². The maximum atomic E-state index is 6.27. The lowest BCUT2D eigenvalue weighted by atomic mass is 10.1. The molecule has 0 saturated heterocycles. The van der Waals surface area contributed by atoms with Crippen molar-refractivity contribution in [2.75, 3.05) is 7.11 Å². The highest BCUT2D eigenvalue weighted by molar-refractivity contribution is 6.35. The van der Waals surface area contributed by atoms with Crippen LogP contribution in [0.3, 0.4) is 0 Å². The molecule has 0 aliphatic carbocycles. The second kappa shape index (κ2) is 5.51. The van der Waals surface area contributed by atoms with Crippen LogP contribution in [-0.4, -0.2) is 17.1 Å². The van der Waals surface area contributed by atoms with E-state index in [0.717, 1.165) is 22.0 Å². The van der Waals surface area contributed by atoms with E-state index in [0.29, 0.717) is 21.7 Å². The van der Waals surface area contributed by atoms with Crippen LogP contribution in [0.1, 0.15) is 5.56 Å². The molecule has 3 aromatic rings. The number of aryl methyl sites for hydroxylation is 1. The Labute approximate surface area is 132 Å². The number of hydrogen-bond acceptors (Lipinski definition) is 3. The van der Waals surface area contributed by atoms with Gasteiger partial charge in [-0.25, -0.2) is 9.97 Å². The van der Waals surface area contributed by atoms with Crippen molar-refractivity contribution >= 4 is 34.1 Å². The smallest absolute Gasteiger partial charge is 0.165 e. The minimum Gasteiger partial charge on any atom is -0.496 e. The number of halogens is 2. The Bertz CT molecular complexity index is 834. The van der Waals surface area contributed by atoms with Crippen molar-refractivity contribution in [3.8, 4) is 17.1 Å². The first-order valence-corrected chi connectivity index (χ1v) is 7.12. The van der Waals surface area contributed by atoms with E-state index in [1.807, 2.05) is 31.2 Å². The minimum atomic E-state index is 0.376. The number of nitrogens with zero attached hydrogens (tertiary/aromatic N) is 2. The molecule has 0 aliphatic rings. The Morgan fingerprint density at radius 2 is 1.81 bits per heavy atom. The van der Waals surface area contributed by atoms with E-state index >= 15 is 0 Å². The Hall–Kier alpha value is -1.84. The molecular weight excluding hydrogens is 307 g/mol. The zero-order valence-corrected chi connectivity index (χ0v) is 13.0. The molecule has 0 N–H and O–H groups in total. The molecule has 1 aromatic heterocycles. The fourth-order valence-corrected chi connectivity index (χ4v) is 2.58. The van der Waals surface area contributed by atoms with Gasteiger partial charge in [0.2, 0.25) is 0 Å². The Morgan fingerprint density at radius 1 is 1.00 bits per heavy atom. The fraction of sp³-hybridized carbons (Fsp3) is 0.125. The van der Waals surface area contributed by atoms with E-state index in [-0.39, 0.29) is 0 Å². The summed E-state index contributed by atoms with van der Waals surface area (Å²) in [7, 11) is 1.62. The molecule has 0 amide bonds. The minimum absolute atomic E-state index is 0.376. The van der Waals surface area contributed by atoms with Crippen LogP contribution in [0.2, 0.25) is 10.2 Å². The number of benzene rings is 2. The maximum absolute atomic E-state index is 6.27. The third-order valence-corrected chi connectivity index (χ3v) is 3.73. The van der Waals surface area contributed by atoms with Gasteiger partial charge in [0.05, 0.1) is 18.2 Å². The van der Waals surface area contributed by atoms with Crippen LogP contribution >= 0.6 is 23.2 Å². The van der Waals surface area contributed by atoms with Crippen LogP contribution in [0.25, 0.3) is 22.3 Å². The summed E-state index contributed by atoms with van der Waals surface area (Å²) in [6, 6.07) is 11.2. The van der Waals surface area contributed by atoms with Crippen molar-refractivity contribution in [3.05, 3.63) is 52.1 Å². The summed E-state index contributed by atoms with van der Waals surface area (Å²) in [6.07, 6.45) is 0. The van der Waals surface area contributed by atoms with Gasteiger partial charge < -0.3 is 4.74 Å². The standard InChI is InChI=1S/C16H12Cl2N2O/c1-9-3-6-14(21-2)12(7-9)16-19-13-5-4-10(17)8-11(13)15(18)20-16/h3-8H,1-2H3. The molecule has 0 bridgehead atoms. The highest BCUT2D eigenvalue weighted by Crippen LogP contribution is 2.32. The number of ether oxygens (including phenoxy) is 1. The van der Waals surface area contributed by atoms with Crippen LogP contribution < -0.4 is 4.74 Å². The highest BCUT2D eigenvalue weighted by atomic mass is 35.5. The van der Waals surface area contributed by atoms with Crippen LogP contribution in [0.15, 0.2) is 36.4 Å². The van der Waals surface area contributed by atoms with Crippen molar-refractivity contribution in [1.82, 2.24) is 9.97 Å². The SMILES string of the molecule is COc1ccc(C)cc1-c1nc(Cl)c2cc(Cl)ccc2n1. The first kappa shape index (κ1) is 14.1. The number of hydrogen-bond donors (Lipinski definition) is 0. The van der Waals surface area contributed by atoms with E-state index in [1.54, 1.807) is 19.2 Å². The number of methoxy groups -OCH3 is 1. The van der Waals surface area contributed by atoms with E-state index in [4.69, 9.17) is 27.9 Å². The van der Waals surface area contributed by atoms with Crippen LogP contribution in [0.4, 0.5) is 0 Å². The predicted octanol–water partition coefficient (Wildman–Crippen LogP) is 4.92. The molecule has 0 atom stereocenters. The largest absolute Gasteiger partial charge is 0.496 e. The zero-order valence-electron chi connectivity index (χ0n) is 11.5. The molecule has 3 nitrogen and oxygen atoms in total. The van der Waals surface area contributed by atoms with Crippen LogP contribution in [0, 0.1) is 6.92 Å².